The monoisotopic (exact) mass is 220 g/mol. The summed E-state index contributed by atoms with van der Waals surface area (Å²) in [5.74, 6) is -0.200. The van der Waals surface area contributed by atoms with Crippen molar-refractivity contribution in [1.82, 2.24) is 0 Å². The van der Waals surface area contributed by atoms with Crippen molar-refractivity contribution in [2.45, 2.75) is 24.6 Å². The van der Waals surface area contributed by atoms with Crippen molar-refractivity contribution in [2.24, 2.45) is 0 Å². The molecule has 11 heavy (non-hydrogen) atoms. The summed E-state index contributed by atoms with van der Waals surface area (Å²) >= 11 is 3.11. The maximum atomic E-state index is 10.8. The number of rotatable bonds is 5. The Bertz CT molecular complexity index is 132. The van der Waals surface area contributed by atoms with Crippen LogP contribution in [0.5, 0.6) is 0 Å². The lowest BCUT2D eigenvalue weighted by Gasteiger charge is -2.03. The minimum Gasteiger partial charge on any atom is -0.465 e. The summed E-state index contributed by atoms with van der Waals surface area (Å²) in [5, 5.41) is 0. The van der Waals surface area contributed by atoms with E-state index in [-0.39, 0.29) is 10.8 Å². The Morgan fingerprint density at radius 1 is 1.82 bits per heavy atom. The van der Waals surface area contributed by atoms with Crippen LogP contribution in [0.2, 0.25) is 0 Å². The summed E-state index contributed by atoms with van der Waals surface area (Å²) in [7, 11) is 0. The minimum absolute atomic E-state index is 0.200. The summed E-state index contributed by atoms with van der Waals surface area (Å²) in [4.78, 5) is 10.6. The van der Waals surface area contributed by atoms with Gasteiger partial charge in [-0.05, 0) is 19.8 Å². The van der Waals surface area contributed by atoms with Gasteiger partial charge in [0.1, 0.15) is 4.83 Å². The SMILES string of the molecule is C=CCCCOC(=O)C(C)Br. The van der Waals surface area contributed by atoms with Gasteiger partial charge in [-0.2, -0.15) is 0 Å². The van der Waals surface area contributed by atoms with E-state index in [1.54, 1.807) is 6.92 Å². The zero-order valence-corrected chi connectivity index (χ0v) is 8.26. The average molecular weight is 221 g/mol. The highest BCUT2D eigenvalue weighted by Gasteiger charge is 2.08. The number of esters is 1. The normalized spacial score (nSPS) is 12.2. The van der Waals surface area contributed by atoms with Crippen LogP contribution >= 0.6 is 15.9 Å². The molecular formula is C8H13BrO2. The lowest BCUT2D eigenvalue weighted by atomic mass is 10.3. The predicted molar refractivity (Wildman–Crippen MR) is 48.8 cm³/mol. The second kappa shape index (κ2) is 6.40. The van der Waals surface area contributed by atoms with Gasteiger partial charge in [-0.1, -0.05) is 22.0 Å². The number of hydrogen-bond donors (Lipinski definition) is 0. The van der Waals surface area contributed by atoms with Crippen molar-refractivity contribution in [3.8, 4) is 0 Å². The number of carbonyl (C=O) groups excluding carboxylic acids is 1. The van der Waals surface area contributed by atoms with Gasteiger partial charge in [0.2, 0.25) is 0 Å². The second-order valence-corrected chi connectivity index (χ2v) is 3.59. The van der Waals surface area contributed by atoms with E-state index in [9.17, 15) is 4.79 Å². The van der Waals surface area contributed by atoms with Crippen LogP contribution in [0, 0.1) is 0 Å². The van der Waals surface area contributed by atoms with E-state index in [0.29, 0.717) is 6.61 Å². The number of carbonyl (C=O) groups is 1. The molecule has 1 atom stereocenters. The zero-order chi connectivity index (χ0) is 8.69. The first kappa shape index (κ1) is 10.7. The summed E-state index contributed by atoms with van der Waals surface area (Å²) in [6, 6.07) is 0. The Hall–Kier alpha value is -0.310. The molecule has 0 fully saturated rings. The Morgan fingerprint density at radius 2 is 2.45 bits per heavy atom. The van der Waals surface area contributed by atoms with Gasteiger partial charge in [0, 0.05) is 0 Å². The maximum Gasteiger partial charge on any atom is 0.319 e. The molecule has 0 aromatic heterocycles. The number of allylic oxidation sites excluding steroid dienone is 1. The quantitative estimate of drug-likeness (QED) is 0.308. The topological polar surface area (TPSA) is 26.3 Å². The largest absolute Gasteiger partial charge is 0.465 e. The van der Waals surface area contributed by atoms with Gasteiger partial charge in [-0.3, -0.25) is 4.79 Å². The third kappa shape index (κ3) is 6.10. The molecule has 0 spiro atoms. The fourth-order valence-corrected chi connectivity index (χ4v) is 0.647. The van der Waals surface area contributed by atoms with Gasteiger partial charge < -0.3 is 4.74 Å². The van der Waals surface area contributed by atoms with Gasteiger partial charge in [0.25, 0.3) is 0 Å². The van der Waals surface area contributed by atoms with E-state index in [2.05, 4.69) is 22.5 Å². The smallest absolute Gasteiger partial charge is 0.319 e. The van der Waals surface area contributed by atoms with Crippen LogP contribution in [0.25, 0.3) is 0 Å². The first-order valence-corrected chi connectivity index (χ1v) is 4.51. The van der Waals surface area contributed by atoms with Crippen LogP contribution in [0.3, 0.4) is 0 Å². The molecule has 0 aromatic rings. The highest BCUT2D eigenvalue weighted by molar-refractivity contribution is 9.10. The van der Waals surface area contributed by atoms with Crippen molar-refractivity contribution in [2.75, 3.05) is 6.61 Å². The molecule has 3 heteroatoms. The molecule has 0 heterocycles. The highest BCUT2D eigenvalue weighted by atomic mass is 79.9. The average Bonchev–Trinajstić information content (AvgIpc) is 1.97. The molecule has 64 valence electrons. The van der Waals surface area contributed by atoms with Crippen LogP contribution < -0.4 is 0 Å². The lowest BCUT2D eigenvalue weighted by molar-refractivity contribution is -0.142. The molecule has 0 aliphatic rings. The number of hydrogen-bond acceptors (Lipinski definition) is 2. The summed E-state index contributed by atoms with van der Waals surface area (Å²) in [6.45, 7) is 5.80. The molecule has 0 radical (unpaired) electrons. The van der Waals surface area contributed by atoms with Gasteiger partial charge in [-0.15, -0.1) is 6.58 Å². The molecule has 0 N–H and O–H groups in total. The molecule has 0 rings (SSSR count). The molecule has 0 amide bonds. The highest BCUT2D eigenvalue weighted by Crippen LogP contribution is 2.01. The van der Waals surface area contributed by atoms with Gasteiger partial charge in [0.05, 0.1) is 6.61 Å². The van der Waals surface area contributed by atoms with Crippen molar-refractivity contribution < 1.29 is 9.53 Å². The molecule has 0 bridgehead atoms. The molecule has 0 aliphatic heterocycles. The summed E-state index contributed by atoms with van der Waals surface area (Å²) < 4.78 is 4.87. The van der Waals surface area contributed by atoms with Crippen LogP contribution in [-0.4, -0.2) is 17.4 Å². The van der Waals surface area contributed by atoms with Gasteiger partial charge in [-0.25, -0.2) is 0 Å². The van der Waals surface area contributed by atoms with Crippen molar-refractivity contribution in [3.05, 3.63) is 12.7 Å². The Balaban J connectivity index is 3.24. The van der Waals surface area contributed by atoms with Crippen LogP contribution in [0.15, 0.2) is 12.7 Å². The van der Waals surface area contributed by atoms with Crippen molar-refractivity contribution in [1.29, 1.82) is 0 Å². The van der Waals surface area contributed by atoms with Crippen molar-refractivity contribution >= 4 is 21.9 Å². The molecular weight excluding hydrogens is 208 g/mol. The second-order valence-electron chi connectivity index (χ2n) is 2.21. The molecule has 0 saturated carbocycles. The zero-order valence-electron chi connectivity index (χ0n) is 6.68. The first-order chi connectivity index (χ1) is 5.18. The Kier molecular flexibility index (Phi) is 6.22. The van der Waals surface area contributed by atoms with Crippen LogP contribution in [-0.2, 0) is 9.53 Å². The molecule has 0 aliphatic carbocycles. The summed E-state index contributed by atoms with van der Waals surface area (Å²) in [5.41, 5.74) is 0. The van der Waals surface area contributed by atoms with Crippen LogP contribution in [0.4, 0.5) is 0 Å². The third-order valence-electron chi connectivity index (χ3n) is 1.12. The molecule has 0 saturated heterocycles. The number of alkyl halides is 1. The number of ether oxygens (including phenoxy) is 1. The predicted octanol–water partition coefficient (Wildman–Crippen LogP) is 2.28. The maximum absolute atomic E-state index is 10.8. The first-order valence-electron chi connectivity index (χ1n) is 3.60. The van der Waals surface area contributed by atoms with E-state index >= 15 is 0 Å². The standard InChI is InChI=1S/C8H13BrO2/c1-3-4-5-6-11-8(10)7(2)9/h3,7H,1,4-6H2,2H3. The number of unbranched alkanes of at least 4 members (excludes halogenated alkanes) is 1. The number of halogens is 1. The van der Waals surface area contributed by atoms with Crippen LogP contribution in [0.1, 0.15) is 19.8 Å². The Morgan fingerprint density at radius 3 is 2.91 bits per heavy atom. The lowest BCUT2D eigenvalue weighted by Crippen LogP contribution is -2.14. The minimum atomic E-state index is -0.203. The summed E-state index contributed by atoms with van der Waals surface area (Å²) in [6.07, 6.45) is 3.56. The molecule has 2 nitrogen and oxygen atoms in total. The molecule has 0 aromatic carbocycles. The van der Waals surface area contributed by atoms with E-state index in [1.807, 2.05) is 6.08 Å². The van der Waals surface area contributed by atoms with E-state index in [1.165, 1.54) is 0 Å². The van der Waals surface area contributed by atoms with E-state index < -0.39 is 0 Å². The van der Waals surface area contributed by atoms with Crippen molar-refractivity contribution in [3.63, 3.8) is 0 Å². The van der Waals surface area contributed by atoms with Gasteiger partial charge in [0.15, 0.2) is 0 Å². The van der Waals surface area contributed by atoms with Gasteiger partial charge >= 0.3 is 5.97 Å². The fourth-order valence-electron chi connectivity index (χ4n) is 0.515. The fraction of sp³-hybridized carbons (Fsp3) is 0.625. The molecule has 1 unspecified atom stereocenters. The van der Waals surface area contributed by atoms with E-state index in [4.69, 9.17) is 4.74 Å². The Labute approximate surface area is 75.7 Å². The van der Waals surface area contributed by atoms with E-state index in [0.717, 1.165) is 12.8 Å². The third-order valence-corrected chi connectivity index (χ3v) is 1.50.